The lowest BCUT2D eigenvalue weighted by Gasteiger charge is -2.11. The van der Waals surface area contributed by atoms with Crippen molar-refractivity contribution in [3.8, 4) is 0 Å². The largest absolute Gasteiger partial charge is 0.383 e. The average molecular weight is 307 g/mol. The molecule has 3 aromatic carbocycles. The van der Waals surface area contributed by atoms with E-state index < -0.39 is 0 Å². The van der Waals surface area contributed by atoms with Crippen LogP contribution in [0.4, 0.5) is 17.1 Å². The molecular weight excluding hydrogens is 290 g/mol. The van der Waals surface area contributed by atoms with Crippen molar-refractivity contribution >= 4 is 27.8 Å². The predicted molar refractivity (Wildman–Crippen MR) is 94.0 cm³/mol. The highest BCUT2D eigenvalue weighted by Crippen LogP contribution is 2.24. The maximum absolute atomic E-state index is 11.0. The van der Waals surface area contributed by atoms with Gasteiger partial charge in [0.05, 0.1) is 4.92 Å². The molecule has 3 aromatic rings. The summed E-state index contributed by atoms with van der Waals surface area (Å²) >= 11 is 0. The quantitative estimate of drug-likeness (QED) is 0.405. The Bertz CT molecular complexity index is 828. The van der Waals surface area contributed by atoms with Crippen LogP contribution in [0, 0.1) is 10.1 Å². The number of nitrogens with zero attached hydrogens (tertiary/aromatic N) is 1. The van der Waals surface area contributed by atoms with E-state index >= 15 is 0 Å². The number of nitro benzene ring substituents is 1. The van der Waals surface area contributed by atoms with Crippen molar-refractivity contribution in [1.29, 1.82) is 0 Å². The molecule has 0 aromatic heterocycles. The third kappa shape index (κ3) is 3.40. The van der Waals surface area contributed by atoms with Gasteiger partial charge in [0.15, 0.2) is 0 Å². The van der Waals surface area contributed by atoms with Crippen molar-refractivity contribution in [1.82, 2.24) is 0 Å². The summed E-state index contributed by atoms with van der Waals surface area (Å²) in [5.74, 6) is 0. The smallest absolute Gasteiger partial charge is 0.292 e. The summed E-state index contributed by atoms with van der Waals surface area (Å²) in [6.45, 7) is 1.26. The van der Waals surface area contributed by atoms with Crippen LogP contribution in [-0.2, 0) is 0 Å². The molecule has 0 fully saturated rings. The molecule has 3 rings (SSSR count). The number of hydrogen-bond donors (Lipinski definition) is 2. The first-order valence-electron chi connectivity index (χ1n) is 7.44. The standard InChI is InChI=1S/C18H17N3O2/c22-21(23)18-11-4-3-9-17(18)20-13-12-19-16-10-5-7-14-6-1-2-8-15(14)16/h1-11,19-20H,12-13H2. The number of hydrogen-bond acceptors (Lipinski definition) is 4. The van der Waals surface area contributed by atoms with E-state index in [1.54, 1.807) is 18.2 Å². The highest BCUT2D eigenvalue weighted by atomic mass is 16.6. The minimum absolute atomic E-state index is 0.0951. The second-order valence-electron chi connectivity index (χ2n) is 5.15. The maximum atomic E-state index is 11.0. The summed E-state index contributed by atoms with van der Waals surface area (Å²) < 4.78 is 0. The Morgan fingerprint density at radius 1 is 0.783 bits per heavy atom. The summed E-state index contributed by atoms with van der Waals surface area (Å²) in [5.41, 5.74) is 1.70. The molecule has 0 saturated heterocycles. The van der Waals surface area contributed by atoms with Crippen molar-refractivity contribution < 1.29 is 4.92 Å². The lowest BCUT2D eigenvalue weighted by atomic mass is 10.1. The molecule has 0 radical (unpaired) electrons. The van der Waals surface area contributed by atoms with E-state index in [9.17, 15) is 10.1 Å². The first-order valence-corrected chi connectivity index (χ1v) is 7.44. The van der Waals surface area contributed by atoms with E-state index in [2.05, 4.69) is 28.8 Å². The van der Waals surface area contributed by atoms with Gasteiger partial charge < -0.3 is 10.6 Å². The summed E-state index contributed by atoms with van der Waals surface area (Å²) in [5, 5.41) is 19.8. The molecule has 0 bridgehead atoms. The van der Waals surface area contributed by atoms with Crippen LogP contribution in [0.2, 0.25) is 0 Å². The third-order valence-electron chi connectivity index (χ3n) is 3.65. The van der Waals surface area contributed by atoms with E-state index in [1.807, 2.05) is 24.3 Å². The van der Waals surface area contributed by atoms with Crippen LogP contribution in [0.25, 0.3) is 10.8 Å². The van der Waals surface area contributed by atoms with Gasteiger partial charge in [-0.05, 0) is 17.5 Å². The molecule has 5 nitrogen and oxygen atoms in total. The molecule has 0 heterocycles. The van der Waals surface area contributed by atoms with Gasteiger partial charge in [0.25, 0.3) is 5.69 Å². The van der Waals surface area contributed by atoms with Gasteiger partial charge in [0.2, 0.25) is 0 Å². The zero-order valence-electron chi connectivity index (χ0n) is 12.5. The molecular formula is C18H17N3O2. The summed E-state index contributed by atoms with van der Waals surface area (Å²) in [7, 11) is 0. The minimum atomic E-state index is -0.375. The molecule has 2 N–H and O–H groups in total. The van der Waals surface area contributed by atoms with Gasteiger partial charge in [-0.15, -0.1) is 0 Å². The Kier molecular flexibility index (Phi) is 4.38. The maximum Gasteiger partial charge on any atom is 0.292 e. The van der Waals surface area contributed by atoms with Crippen molar-refractivity contribution in [2.45, 2.75) is 0 Å². The summed E-state index contributed by atoms with van der Waals surface area (Å²) in [4.78, 5) is 10.6. The Hall–Kier alpha value is -3.08. The molecule has 0 spiro atoms. The molecule has 116 valence electrons. The first kappa shape index (κ1) is 14.8. The van der Waals surface area contributed by atoms with Gasteiger partial charge in [0.1, 0.15) is 5.69 Å². The molecule has 0 aliphatic heterocycles. The lowest BCUT2D eigenvalue weighted by Crippen LogP contribution is -2.14. The minimum Gasteiger partial charge on any atom is -0.383 e. The average Bonchev–Trinajstić information content (AvgIpc) is 2.59. The predicted octanol–water partition coefficient (Wildman–Crippen LogP) is 4.27. The zero-order valence-corrected chi connectivity index (χ0v) is 12.5. The van der Waals surface area contributed by atoms with E-state index in [0.717, 1.165) is 5.69 Å². The van der Waals surface area contributed by atoms with Crippen LogP contribution < -0.4 is 10.6 Å². The fraction of sp³-hybridized carbons (Fsp3) is 0.111. The van der Waals surface area contributed by atoms with Crippen molar-refractivity contribution in [3.63, 3.8) is 0 Å². The SMILES string of the molecule is O=[N+]([O-])c1ccccc1NCCNc1cccc2ccccc12. The van der Waals surface area contributed by atoms with Crippen LogP contribution in [0.1, 0.15) is 0 Å². The topological polar surface area (TPSA) is 67.2 Å². The van der Waals surface area contributed by atoms with E-state index in [-0.39, 0.29) is 10.6 Å². The van der Waals surface area contributed by atoms with Gasteiger partial charge >= 0.3 is 0 Å². The second kappa shape index (κ2) is 6.79. The molecule has 0 aliphatic rings. The zero-order chi connectivity index (χ0) is 16.1. The number of nitro groups is 1. The molecule has 0 saturated carbocycles. The van der Waals surface area contributed by atoms with Gasteiger partial charge in [-0.2, -0.15) is 0 Å². The van der Waals surface area contributed by atoms with Gasteiger partial charge in [-0.3, -0.25) is 10.1 Å². The fourth-order valence-corrected chi connectivity index (χ4v) is 2.56. The van der Waals surface area contributed by atoms with Gasteiger partial charge in [-0.25, -0.2) is 0 Å². The lowest BCUT2D eigenvalue weighted by molar-refractivity contribution is -0.384. The van der Waals surface area contributed by atoms with Crippen LogP contribution >= 0.6 is 0 Å². The highest BCUT2D eigenvalue weighted by Gasteiger charge is 2.11. The van der Waals surface area contributed by atoms with E-state index in [4.69, 9.17) is 0 Å². The third-order valence-corrected chi connectivity index (χ3v) is 3.65. The normalized spacial score (nSPS) is 10.4. The van der Waals surface area contributed by atoms with Crippen molar-refractivity contribution in [2.75, 3.05) is 23.7 Å². The van der Waals surface area contributed by atoms with Crippen molar-refractivity contribution in [2.24, 2.45) is 0 Å². The van der Waals surface area contributed by atoms with Crippen molar-refractivity contribution in [3.05, 3.63) is 76.8 Å². The number of nitrogens with one attached hydrogen (secondary N) is 2. The Morgan fingerprint density at radius 3 is 2.22 bits per heavy atom. The summed E-state index contributed by atoms with van der Waals surface area (Å²) in [6.07, 6.45) is 0. The first-order chi connectivity index (χ1) is 11.3. The second-order valence-corrected chi connectivity index (χ2v) is 5.15. The number of fused-ring (bicyclic) bond motifs is 1. The molecule has 0 amide bonds. The van der Waals surface area contributed by atoms with Crippen LogP contribution in [0.3, 0.4) is 0 Å². The molecule has 5 heteroatoms. The Labute approximate surface area is 134 Å². The number of benzene rings is 3. The Morgan fingerprint density at radius 2 is 1.39 bits per heavy atom. The molecule has 0 atom stereocenters. The molecule has 0 aliphatic carbocycles. The Balaban J connectivity index is 1.63. The summed E-state index contributed by atoms with van der Waals surface area (Å²) in [6, 6.07) is 21.0. The molecule has 23 heavy (non-hydrogen) atoms. The number of para-hydroxylation sites is 2. The number of rotatable bonds is 6. The van der Waals surface area contributed by atoms with Crippen LogP contribution in [0.5, 0.6) is 0 Å². The van der Waals surface area contributed by atoms with Gasteiger partial charge in [-0.1, -0.05) is 48.5 Å². The monoisotopic (exact) mass is 307 g/mol. The van der Waals surface area contributed by atoms with E-state index in [1.165, 1.54) is 16.8 Å². The molecule has 0 unspecified atom stereocenters. The van der Waals surface area contributed by atoms with Gasteiger partial charge in [0, 0.05) is 30.2 Å². The van der Waals surface area contributed by atoms with Crippen LogP contribution in [0.15, 0.2) is 66.7 Å². The highest BCUT2D eigenvalue weighted by molar-refractivity contribution is 5.93. The fourth-order valence-electron chi connectivity index (χ4n) is 2.56. The van der Waals surface area contributed by atoms with E-state index in [0.29, 0.717) is 18.8 Å². The number of anilines is 2. The van der Waals surface area contributed by atoms with Crippen LogP contribution in [-0.4, -0.2) is 18.0 Å².